The zero-order valence-electron chi connectivity index (χ0n) is 18.2. The number of para-hydroxylation sites is 1. The number of aromatic nitrogens is 3. The van der Waals surface area contributed by atoms with E-state index in [2.05, 4.69) is 4.98 Å². The van der Waals surface area contributed by atoms with E-state index in [0.29, 0.717) is 24.3 Å². The van der Waals surface area contributed by atoms with E-state index < -0.39 is 0 Å². The van der Waals surface area contributed by atoms with Crippen LogP contribution in [0.3, 0.4) is 0 Å². The van der Waals surface area contributed by atoms with Crippen molar-refractivity contribution in [1.29, 1.82) is 0 Å². The molecule has 2 aromatic heterocycles. The average molecular weight is 460 g/mol. The summed E-state index contributed by atoms with van der Waals surface area (Å²) in [5.74, 6) is 1.50. The number of ether oxygens (including phenoxy) is 2. The van der Waals surface area contributed by atoms with Crippen molar-refractivity contribution in [3.63, 3.8) is 0 Å². The lowest BCUT2D eigenvalue weighted by molar-refractivity contribution is 0.0937. The van der Waals surface area contributed by atoms with Crippen LogP contribution in [0.15, 0.2) is 82.9 Å². The van der Waals surface area contributed by atoms with Gasteiger partial charge in [-0.3, -0.25) is 14.3 Å². The highest BCUT2D eigenvalue weighted by molar-refractivity contribution is 7.98. The molecular formula is C26H25N3O3S. The summed E-state index contributed by atoms with van der Waals surface area (Å²) < 4.78 is 13.4. The number of fused-ring (bicyclic) bond motifs is 1. The molecule has 0 saturated carbocycles. The third-order valence-corrected chi connectivity index (χ3v) is 6.69. The first-order valence-electron chi connectivity index (χ1n) is 11.1. The number of hydrogen-bond acceptors (Lipinski definition) is 6. The van der Waals surface area contributed by atoms with Crippen LogP contribution in [0.2, 0.25) is 0 Å². The smallest absolute Gasteiger partial charge is 0.262 e. The number of nitrogens with zero attached hydrogens (tertiary/aromatic N) is 3. The van der Waals surface area contributed by atoms with E-state index in [1.165, 1.54) is 0 Å². The molecular weight excluding hydrogens is 434 g/mol. The molecule has 1 unspecified atom stereocenters. The van der Waals surface area contributed by atoms with E-state index in [0.717, 1.165) is 47.1 Å². The summed E-state index contributed by atoms with van der Waals surface area (Å²) in [6.07, 6.45) is 3.85. The van der Waals surface area contributed by atoms with Gasteiger partial charge in [-0.25, -0.2) is 4.98 Å². The van der Waals surface area contributed by atoms with Crippen LogP contribution in [-0.4, -0.2) is 27.2 Å². The van der Waals surface area contributed by atoms with Crippen LogP contribution < -0.4 is 10.3 Å². The van der Waals surface area contributed by atoms with E-state index in [4.69, 9.17) is 14.5 Å². The third kappa shape index (κ3) is 5.26. The van der Waals surface area contributed by atoms with Crippen molar-refractivity contribution < 1.29 is 9.47 Å². The molecule has 0 radical (unpaired) electrons. The first-order valence-corrected chi connectivity index (χ1v) is 12.1. The molecule has 1 fully saturated rings. The summed E-state index contributed by atoms with van der Waals surface area (Å²) in [5, 5.41) is 1.37. The zero-order chi connectivity index (χ0) is 22.5. The molecule has 1 aliphatic heterocycles. The maximum absolute atomic E-state index is 13.2. The Morgan fingerprint density at radius 1 is 1.06 bits per heavy atom. The molecule has 33 heavy (non-hydrogen) atoms. The fraction of sp³-hybridized carbons (Fsp3) is 0.269. The average Bonchev–Trinajstić information content (AvgIpc) is 3.38. The van der Waals surface area contributed by atoms with Crippen LogP contribution in [0, 0.1) is 0 Å². The van der Waals surface area contributed by atoms with E-state index in [9.17, 15) is 4.79 Å². The molecule has 0 amide bonds. The van der Waals surface area contributed by atoms with Gasteiger partial charge in [0.2, 0.25) is 0 Å². The molecule has 0 N–H and O–H groups in total. The van der Waals surface area contributed by atoms with Gasteiger partial charge in [0.25, 0.3) is 5.56 Å². The fourth-order valence-corrected chi connectivity index (χ4v) is 4.85. The Balaban J connectivity index is 1.30. The quantitative estimate of drug-likeness (QED) is 0.277. The van der Waals surface area contributed by atoms with Crippen molar-refractivity contribution in [1.82, 2.24) is 14.5 Å². The summed E-state index contributed by atoms with van der Waals surface area (Å²) in [4.78, 5) is 22.3. The maximum atomic E-state index is 13.2. The van der Waals surface area contributed by atoms with Gasteiger partial charge in [-0.1, -0.05) is 42.1 Å². The molecule has 168 valence electrons. The molecule has 0 spiro atoms. The van der Waals surface area contributed by atoms with Gasteiger partial charge in [0.15, 0.2) is 5.16 Å². The van der Waals surface area contributed by atoms with Crippen molar-refractivity contribution in [2.24, 2.45) is 0 Å². The van der Waals surface area contributed by atoms with E-state index >= 15 is 0 Å². The largest absolute Gasteiger partial charge is 0.487 e. The van der Waals surface area contributed by atoms with Gasteiger partial charge in [-0.15, -0.1) is 0 Å². The van der Waals surface area contributed by atoms with Gasteiger partial charge in [0, 0.05) is 18.6 Å². The molecule has 5 rings (SSSR count). The zero-order valence-corrected chi connectivity index (χ0v) is 19.0. The number of pyridine rings is 1. The molecule has 1 atom stereocenters. The van der Waals surface area contributed by atoms with Crippen molar-refractivity contribution in [2.75, 3.05) is 6.61 Å². The Kier molecular flexibility index (Phi) is 6.69. The van der Waals surface area contributed by atoms with Crippen LogP contribution in [0.25, 0.3) is 10.9 Å². The Labute approximate surface area is 196 Å². The molecule has 1 saturated heterocycles. The molecule has 7 heteroatoms. The highest BCUT2D eigenvalue weighted by Gasteiger charge is 2.20. The normalized spacial score (nSPS) is 15.7. The van der Waals surface area contributed by atoms with Gasteiger partial charge in [0.1, 0.15) is 12.4 Å². The Bertz CT molecular complexity index is 1270. The number of benzene rings is 2. The second-order valence-electron chi connectivity index (χ2n) is 8.00. The molecule has 2 aromatic carbocycles. The van der Waals surface area contributed by atoms with Crippen molar-refractivity contribution in [2.45, 2.75) is 43.0 Å². The minimum absolute atomic E-state index is 0.00290. The lowest BCUT2D eigenvalue weighted by Crippen LogP contribution is -2.28. The highest BCUT2D eigenvalue weighted by Crippen LogP contribution is 2.25. The van der Waals surface area contributed by atoms with Crippen LogP contribution in [-0.2, 0) is 23.6 Å². The van der Waals surface area contributed by atoms with Crippen molar-refractivity contribution in [3.05, 3.63) is 94.5 Å². The summed E-state index contributed by atoms with van der Waals surface area (Å²) in [6.45, 7) is 1.74. The van der Waals surface area contributed by atoms with Crippen molar-refractivity contribution >= 4 is 22.7 Å². The molecule has 6 nitrogen and oxygen atoms in total. The van der Waals surface area contributed by atoms with Crippen LogP contribution in [0.4, 0.5) is 0 Å². The fourth-order valence-electron chi connectivity index (χ4n) is 3.88. The number of hydrogen-bond donors (Lipinski definition) is 0. The molecule has 3 heterocycles. The van der Waals surface area contributed by atoms with Gasteiger partial charge in [-0.05, 0) is 54.8 Å². The van der Waals surface area contributed by atoms with Gasteiger partial charge < -0.3 is 9.47 Å². The topological polar surface area (TPSA) is 66.2 Å². The first kappa shape index (κ1) is 21.7. The van der Waals surface area contributed by atoms with Crippen LogP contribution in [0.5, 0.6) is 5.75 Å². The van der Waals surface area contributed by atoms with Gasteiger partial charge >= 0.3 is 0 Å². The summed E-state index contributed by atoms with van der Waals surface area (Å²) >= 11 is 1.57. The molecule has 4 aromatic rings. The number of rotatable bonds is 8. The predicted octanol–water partition coefficient (Wildman–Crippen LogP) is 4.84. The van der Waals surface area contributed by atoms with Crippen LogP contribution >= 0.6 is 11.8 Å². The Morgan fingerprint density at radius 2 is 1.91 bits per heavy atom. The minimum Gasteiger partial charge on any atom is -0.487 e. The monoisotopic (exact) mass is 459 g/mol. The van der Waals surface area contributed by atoms with E-state index in [1.54, 1.807) is 22.5 Å². The third-order valence-electron chi connectivity index (χ3n) is 5.64. The lowest BCUT2D eigenvalue weighted by atomic mass is 10.2. The number of thioether (sulfide) groups is 1. The lowest BCUT2D eigenvalue weighted by Gasteiger charge is -2.16. The first-order chi connectivity index (χ1) is 16.3. The predicted molar refractivity (Wildman–Crippen MR) is 130 cm³/mol. The van der Waals surface area contributed by atoms with Gasteiger partial charge in [-0.2, -0.15) is 0 Å². The SMILES string of the molecule is O=c1c2ccccc2nc(SCc2ccc(OCc3ccccn3)cc2)n1CC1CCCO1. The van der Waals surface area contributed by atoms with Crippen molar-refractivity contribution in [3.8, 4) is 5.75 Å². The summed E-state index contributed by atoms with van der Waals surface area (Å²) in [6, 6.07) is 21.3. The highest BCUT2D eigenvalue weighted by atomic mass is 32.2. The van der Waals surface area contributed by atoms with Gasteiger partial charge in [0.05, 0.1) is 29.2 Å². The second kappa shape index (κ2) is 10.2. The Hall–Kier alpha value is -3.16. The molecule has 0 bridgehead atoms. The summed E-state index contributed by atoms with van der Waals surface area (Å²) in [5.41, 5.74) is 2.75. The molecule has 0 aliphatic carbocycles. The summed E-state index contributed by atoms with van der Waals surface area (Å²) in [7, 11) is 0. The maximum Gasteiger partial charge on any atom is 0.262 e. The molecule has 1 aliphatic rings. The minimum atomic E-state index is -0.00290. The van der Waals surface area contributed by atoms with E-state index in [-0.39, 0.29) is 11.7 Å². The van der Waals surface area contributed by atoms with E-state index in [1.807, 2.05) is 66.7 Å². The van der Waals surface area contributed by atoms with Crippen LogP contribution in [0.1, 0.15) is 24.1 Å². The standard InChI is InChI=1S/C26H25N3O3S/c30-25-23-8-1-2-9-24(23)28-26(29(25)16-22-7-5-15-31-22)33-18-19-10-12-21(13-11-19)32-17-20-6-3-4-14-27-20/h1-4,6,8-14,22H,5,7,15-18H2. The second-order valence-corrected chi connectivity index (χ2v) is 8.95. The Morgan fingerprint density at radius 3 is 2.70 bits per heavy atom.